The number of carbonyl (C=O) groups is 2. The van der Waals surface area contributed by atoms with Gasteiger partial charge in [-0.3, -0.25) is 0 Å². The molecule has 4 aromatic carbocycles. The number of alkyl halides is 1. The number of benzene rings is 4. The van der Waals surface area contributed by atoms with Crippen LogP contribution in [0.3, 0.4) is 0 Å². The van der Waals surface area contributed by atoms with Gasteiger partial charge in [0, 0.05) is 5.92 Å². The highest BCUT2D eigenvalue weighted by Gasteiger charge is 2.83. The van der Waals surface area contributed by atoms with E-state index in [4.69, 9.17) is 21.1 Å². The maximum absolute atomic E-state index is 13.3. The van der Waals surface area contributed by atoms with Gasteiger partial charge in [-0.05, 0) is 46.5 Å². The summed E-state index contributed by atoms with van der Waals surface area (Å²) < 4.78 is 12.4. The molecule has 5 heteroatoms. The minimum absolute atomic E-state index is 0.234. The minimum atomic E-state index is -1.06. The van der Waals surface area contributed by atoms with Gasteiger partial charge in [-0.25, -0.2) is 9.59 Å². The number of halogens is 1. The molecule has 0 N–H and O–H groups in total. The van der Waals surface area contributed by atoms with Crippen molar-refractivity contribution in [1.82, 2.24) is 0 Å². The summed E-state index contributed by atoms with van der Waals surface area (Å²) in [7, 11) is 0. The summed E-state index contributed by atoms with van der Waals surface area (Å²) in [6.45, 7) is 0. The van der Waals surface area contributed by atoms with Crippen LogP contribution in [-0.2, 0) is 19.8 Å². The Morgan fingerprint density at radius 1 is 0.611 bits per heavy atom. The summed E-state index contributed by atoms with van der Waals surface area (Å²) in [5.41, 5.74) is 4.43. The second-order valence-corrected chi connectivity index (χ2v) is 10.2. The van der Waals surface area contributed by atoms with Gasteiger partial charge in [-0.1, -0.05) is 84.9 Å². The van der Waals surface area contributed by atoms with Crippen LogP contribution >= 0.6 is 11.6 Å². The summed E-state index contributed by atoms with van der Waals surface area (Å²) in [6, 6.07) is 33.8. The molecule has 1 spiro atoms. The Morgan fingerprint density at radius 2 is 1.11 bits per heavy atom. The van der Waals surface area contributed by atoms with Crippen LogP contribution in [0.2, 0.25) is 0 Å². The van der Waals surface area contributed by atoms with Crippen LogP contribution in [0.4, 0.5) is 0 Å². The number of ether oxygens (including phenoxy) is 2. The molecule has 0 radical (unpaired) electrons. The van der Waals surface area contributed by atoms with Crippen molar-refractivity contribution in [3.63, 3.8) is 0 Å². The summed E-state index contributed by atoms with van der Waals surface area (Å²) in [6.07, 6.45) is -1.64. The van der Waals surface area contributed by atoms with Crippen LogP contribution < -0.4 is 0 Å². The Morgan fingerprint density at radius 3 is 1.75 bits per heavy atom. The lowest BCUT2D eigenvalue weighted by molar-refractivity contribution is -0.0357. The summed E-state index contributed by atoms with van der Waals surface area (Å²) >= 11 is 7.60. The van der Waals surface area contributed by atoms with Gasteiger partial charge in [0.2, 0.25) is 0 Å². The molecule has 4 nitrogen and oxygen atoms in total. The highest BCUT2D eigenvalue weighted by atomic mass is 35.5. The van der Waals surface area contributed by atoms with E-state index in [0.29, 0.717) is 11.1 Å². The molecule has 1 saturated carbocycles. The minimum Gasteiger partial charge on any atom is -0.454 e. The number of hydrogen-bond acceptors (Lipinski definition) is 4. The number of fused-ring (bicyclic) bond motifs is 4. The lowest BCUT2D eigenvalue weighted by Crippen LogP contribution is -2.62. The molecule has 5 atom stereocenters. The third-order valence-electron chi connectivity index (χ3n) is 8.02. The molecule has 3 aliphatic carbocycles. The molecule has 0 heterocycles. The van der Waals surface area contributed by atoms with Crippen molar-refractivity contribution < 1.29 is 19.1 Å². The molecule has 7 rings (SSSR count). The van der Waals surface area contributed by atoms with E-state index in [0.717, 1.165) is 22.3 Å². The predicted octanol–water partition coefficient (Wildman–Crippen LogP) is 5.98. The van der Waals surface area contributed by atoms with E-state index in [2.05, 4.69) is 12.1 Å². The van der Waals surface area contributed by atoms with Gasteiger partial charge >= 0.3 is 11.9 Å². The van der Waals surface area contributed by atoms with Crippen LogP contribution in [0.5, 0.6) is 0 Å². The first-order chi connectivity index (χ1) is 17.6. The van der Waals surface area contributed by atoms with Crippen molar-refractivity contribution in [2.24, 2.45) is 0 Å². The maximum atomic E-state index is 13.3. The second kappa shape index (κ2) is 7.55. The van der Waals surface area contributed by atoms with Crippen LogP contribution in [0.1, 0.15) is 48.9 Å². The third kappa shape index (κ3) is 2.50. The van der Waals surface area contributed by atoms with E-state index in [1.54, 1.807) is 48.5 Å². The monoisotopic (exact) mass is 492 g/mol. The van der Waals surface area contributed by atoms with Crippen molar-refractivity contribution in [2.75, 3.05) is 0 Å². The molecular weight excluding hydrogens is 472 g/mol. The Kier molecular flexibility index (Phi) is 4.49. The first kappa shape index (κ1) is 21.4. The Hall–Kier alpha value is -3.89. The average molecular weight is 493 g/mol. The second-order valence-electron chi connectivity index (χ2n) is 9.56. The van der Waals surface area contributed by atoms with Crippen LogP contribution in [0.15, 0.2) is 109 Å². The van der Waals surface area contributed by atoms with Gasteiger partial charge in [-0.15, -0.1) is 11.6 Å². The zero-order valence-electron chi connectivity index (χ0n) is 19.1. The number of hydrogen-bond donors (Lipinski definition) is 0. The van der Waals surface area contributed by atoms with Crippen molar-refractivity contribution in [1.29, 1.82) is 0 Å². The van der Waals surface area contributed by atoms with E-state index in [9.17, 15) is 9.59 Å². The highest BCUT2D eigenvalue weighted by molar-refractivity contribution is 6.29. The summed E-state index contributed by atoms with van der Waals surface area (Å²) in [5.74, 6) is -1.19. The Labute approximate surface area is 213 Å². The van der Waals surface area contributed by atoms with Crippen molar-refractivity contribution >= 4 is 23.5 Å². The summed E-state index contributed by atoms with van der Waals surface area (Å²) in [4.78, 5) is 25.5. The lowest BCUT2D eigenvalue weighted by atomic mass is 9.43. The van der Waals surface area contributed by atoms with E-state index < -0.39 is 34.4 Å². The van der Waals surface area contributed by atoms with Crippen LogP contribution in [0, 0.1) is 0 Å². The fourth-order valence-electron chi connectivity index (χ4n) is 6.68. The first-order valence-electron chi connectivity index (χ1n) is 12.0. The maximum Gasteiger partial charge on any atom is 0.338 e. The van der Waals surface area contributed by atoms with E-state index >= 15 is 0 Å². The smallest absolute Gasteiger partial charge is 0.338 e. The summed E-state index contributed by atoms with van der Waals surface area (Å²) in [5, 5.41) is 0. The Balaban J connectivity index is 1.38. The van der Waals surface area contributed by atoms with Crippen molar-refractivity contribution in [2.45, 2.75) is 28.4 Å². The third-order valence-corrected chi connectivity index (χ3v) is 8.74. The number of rotatable bonds is 4. The lowest BCUT2D eigenvalue weighted by Gasteiger charge is -2.62. The molecular formula is C31H21ClO4. The van der Waals surface area contributed by atoms with Gasteiger partial charge in [0.15, 0.2) is 6.10 Å². The SMILES string of the molecule is O=C(OC1C2c3ccccc3[C@@]23c2ccccc2[C@@]3(Cl)C1OC(=O)c1ccccc1)c1ccccc1. The largest absolute Gasteiger partial charge is 0.454 e. The highest BCUT2D eigenvalue weighted by Crippen LogP contribution is 2.80. The molecule has 4 aromatic rings. The van der Waals surface area contributed by atoms with Crippen molar-refractivity contribution in [3.05, 3.63) is 143 Å². The number of esters is 2. The average Bonchev–Trinajstić information content (AvgIpc) is 3.06. The Bertz CT molecular complexity index is 1520. The molecule has 0 bridgehead atoms. The standard InChI is InChI=1S/C31H21ClO4/c32-31-24-18-10-9-17-23(24)30(31)22-16-8-7-15-21(22)25(30)26(35-28(33)19-11-3-1-4-12-19)27(31)36-29(34)20-13-5-2-6-14-20/h1-18,25-27H/t25?,26?,27?,30-,31-/m1/s1. The van der Waals surface area contributed by atoms with Crippen LogP contribution in [0.25, 0.3) is 0 Å². The van der Waals surface area contributed by atoms with Gasteiger partial charge in [0.1, 0.15) is 11.0 Å². The molecule has 36 heavy (non-hydrogen) atoms. The molecule has 3 aliphatic rings. The molecule has 1 fully saturated rings. The molecule has 0 saturated heterocycles. The zero-order valence-corrected chi connectivity index (χ0v) is 19.9. The molecule has 0 amide bonds. The van der Waals surface area contributed by atoms with Gasteiger partial charge in [-0.2, -0.15) is 0 Å². The molecule has 0 aromatic heterocycles. The molecule has 176 valence electrons. The predicted molar refractivity (Wildman–Crippen MR) is 135 cm³/mol. The van der Waals surface area contributed by atoms with E-state index in [-0.39, 0.29) is 5.92 Å². The first-order valence-corrected chi connectivity index (χ1v) is 12.4. The zero-order chi connectivity index (χ0) is 24.5. The van der Waals surface area contributed by atoms with Crippen molar-refractivity contribution in [3.8, 4) is 0 Å². The van der Waals surface area contributed by atoms with Gasteiger partial charge < -0.3 is 9.47 Å². The van der Waals surface area contributed by atoms with Gasteiger partial charge in [0.05, 0.1) is 16.5 Å². The quantitative estimate of drug-likeness (QED) is 0.260. The van der Waals surface area contributed by atoms with Gasteiger partial charge in [0.25, 0.3) is 0 Å². The van der Waals surface area contributed by atoms with E-state index in [1.807, 2.05) is 48.5 Å². The number of carbonyl (C=O) groups excluding carboxylic acids is 2. The fraction of sp³-hybridized carbons (Fsp3) is 0.161. The normalized spacial score (nSPS) is 28.3. The molecule has 3 unspecified atom stereocenters. The van der Waals surface area contributed by atoms with E-state index in [1.165, 1.54) is 0 Å². The van der Waals surface area contributed by atoms with Crippen LogP contribution in [-0.4, -0.2) is 24.1 Å². The fourth-order valence-corrected chi connectivity index (χ4v) is 7.33. The molecule has 0 aliphatic heterocycles. The topological polar surface area (TPSA) is 52.6 Å².